The highest BCUT2D eigenvalue weighted by Crippen LogP contribution is 2.43. The summed E-state index contributed by atoms with van der Waals surface area (Å²) in [5.41, 5.74) is 7.04. The molecule has 3 rings (SSSR count). The molecular formula is C16H18N2O2. The van der Waals surface area contributed by atoms with Crippen LogP contribution in [0.4, 0.5) is 0 Å². The van der Waals surface area contributed by atoms with Gasteiger partial charge in [-0.25, -0.2) is 0 Å². The highest BCUT2D eigenvalue weighted by Gasteiger charge is 2.40. The van der Waals surface area contributed by atoms with Gasteiger partial charge in [0.25, 0.3) is 0 Å². The summed E-state index contributed by atoms with van der Waals surface area (Å²) in [5.74, 6) is 0.989. The van der Waals surface area contributed by atoms with Gasteiger partial charge in [-0.2, -0.15) is 5.26 Å². The van der Waals surface area contributed by atoms with Gasteiger partial charge in [-0.05, 0) is 31.6 Å². The Morgan fingerprint density at radius 2 is 2.20 bits per heavy atom. The van der Waals surface area contributed by atoms with Gasteiger partial charge in [-0.3, -0.25) is 4.79 Å². The normalized spacial score (nSPS) is 29.9. The predicted molar refractivity (Wildman–Crippen MR) is 73.8 cm³/mol. The largest absolute Gasteiger partial charge is 0.444 e. The van der Waals surface area contributed by atoms with Crippen molar-refractivity contribution >= 4 is 5.78 Å². The van der Waals surface area contributed by atoms with E-state index in [1.54, 1.807) is 0 Å². The number of nitrogens with zero attached hydrogens (tertiary/aromatic N) is 1. The van der Waals surface area contributed by atoms with E-state index >= 15 is 0 Å². The molecule has 0 radical (unpaired) electrons. The van der Waals surface area contributed by atoms with Gasteiger partial charge in [-0.15, -0.1) is 0 Å². The van der Waals surface area contributed by atoms with Crippen molar-refractivity contribution in [2.45, 2.75) is 38.5 Å². The third-order valence-electron chi connectivity index (χ3n) is 4.37. The molecule has 0 fully saturated rings. The van der Waals surface area contributed by atoms with Crippen molar-refractivity contribution < 1.29 is 9.53 Å². The number of ketones is 1. The number of hydrogen-bond acceptors (Lipinski definition) is 4. The number of carbonyl (C=O) groups is 1. The Labute approximate surface area is 118 Å². The molecule has 2 aliphatic carbocycles. The van der Waals surface area contributed by atoms with Crippen LogP contribution in [-0.2, 0) is 9.53 Å². The Hall–Kier alpha value is -2.02. The predicted octanol–water partition coefficient (Wildman–Crippen LogP) is 2.69. The summed E-state index contributed by atoms with van der Waals surface area (Å²) in [5, 5.41) is 9.41. The number of rotatable bonds is 1. The minimum Gasteiger partial charge on any atom is -0.444 e. The smallest absolute Gasteiger partial charge is 0.204 e. The highest BCUT2D eigenvalue weighted by atomic mass is 16.5. The van der Waals surface area contributed by atoms with Crippen LogP contribution in [0.15, 0.2) is 34.9 Å². The number of nitriles is 1. The monoisotopic (exact) mass is 270 g/mol. The van der Waals surface area contributed by atoms with Crippen LogP contribution in [0.2, 0.25) is 0 Å². The van der Waals surface area contributed by atoms with E-state index in [0.717, 1.165) is 32.1 Å². The van der Waals surface area contributed by atoms with Gasteiger partial charge in [0, 0.05) is 24.3 Å². The van der Waals surface area contributed by atoms with Gasteiger partial charge in [0.15, 0.2) is 5.78 Å². The van der Waals surface area contributed by atoms with E-state index in [-0.39, 0.29) is 23.5 Å². The summed E-state index contributed by atoms with van der Waals surface area (Å²) in [6, 6.07) is 2.16. The summed E-state index contributed by atoms with van der Waals surface area (Å²) in [7, 11) is 0. The fourth-order valence-electron chi connectivity index (χ4n) is 3.44. The van der Waals surface area contributed by atoms with Crippen molar-refractivity contribution in [3.05, 3.63) is 34.9 Å². The Morgan fingerprint density at radius 3 is 2.90 bits per heavy atom. The second-order valence-corrected chi connectivity index (χ2v) is 5.61. The molecule has 0 aromatic heterocycles. The molecule has 2 N–H and O–H groups in total. The van der Waals surface area contributed by atoms with E-state index in [2.05, 4.69) is 18.2 Å². The fourth-order valence-corrected chi connectivity index (χ4v) is 3.44. The first kappa shape index (κ1) is 13.0. The number of nitrogens with two attached hydrogens (primary N) is 1. The second kappa shape index (κ2) is 5.16. The van der Waals surface area contributed by atoms with Gasteiger partial charge < -0.3 is 10.5 Å². The van der Waals surface area contributed by atoms with Crippen LogP contribution in [0.5, 0.6) is 0 Å². The van der Waals surface area contributed by atoms with Gasteiger partial charge in [0.2, 0.25) is 5.88 Å². The van der Waals surface area contributed by atoms with Crippen LogP contribution in [0, 0.1) is 23.2 Å². The van der Waals surface area contributed by atoms with E-state index in [0.29, 0.717) is 23.3 Å². The molecule has 0 saturated carbocycles. The summed E-state index contributed by atoms with van der Waals surface area (Å²) in [6.07, 6.45) is 9.53. The minimum absolute atomic E-state index is 0.121. The molecule has 4 nitrogen and oxygen atoms in total. The zero-order chi connectivity index (χ0) is 14.1. The van der Waals surface area contributed by atoms with Gasteiger partial charge in [0.1, 0.15) is 11.8 Å². The molecule has 1 heterocycles. The maximum atomic E-state index is 12.3. The van der Waals surface area contributed by atoms with Crippen molar-refractivity contribution in [1.29, 1.82) is 5.26 Å². The molecule has 0 bridgehead atoms. The summed E-state index contributed by atoms with van der Waals surface area (Å²) in [6.45, 7) is 0. The number of carbonyl (C=O) groups excluding carboxylic acids is 1. The lowest BCUT2D eigenvalue weighted by molar-refractivity contribution is -0.117. The molecule has 0 aromatic carbocycles. The van der Waals surface area contributed by atoms with Crippen LogP contribution < -0.4 is 5.73 Å². The summed E-state index contributed by atoms with van der Waals surface area (Å²) >= 11 is 0. The number of hydrogen-bond donors (Lipinski definition) is 1. The summed E-state index contributed by atoms with van der Waals surface area (Å²) < 4.78 is 5.55. The van der Waals surface area contributed by atoms with Crippen molar-refractivity contribution in [3.63, 3.8) is 0 Å². The van der Waals surface area contributed by atoms with Crippen LogP contribution in [-0.4, -0.2) is 5.78 Å². The van der Waals surface area contributed by atoms with Gasteiger partial charge >= 0.3 is 0 Å². The number of Topliss-reactive ketones (excluding diaryl/α,β-unsaturated/α-hetero) is 1. The van der Waals surface area contributed by atoms with Gasteiger partial charge in [0.05, 0.1) is 5.57 Å². The van der Waals surface area contributed by atoms with Crippen molar-refractivity contribution in [2.75, 3.05) is 0 Å². The molecule has 0 spiro atoms. The molecule has 4 heteroatoms. The highest BCUT2D eigenvalue weighted by molar-refractivity contribution is 5.98. The van der Waals surface area contributed by atoms with Crippen LogP contribution in [0.1, 0.15) is 38.5 Å². The second-order valence-electron chi connectivity index (χ2n) is 5.61. The van der Waals surface area contributed by atoms with E-state index in [1.165, 1.54) is 0 Å². The van der Waals surface area contributed by atoms with Crippen LogP contribution in [0.3, 0.4) is 0 Å². The molecule has 104 valence electrons. The molecule has 0 aromatic rings. The average molecular weight is 270 g/mol. The molecule has 3 aliphatic rings. The molecule has 2 atom stereocenters. The third-order valence-corrected chi connectivity index (χ3v) is 4.37. The number of ether oxygens (including phenoxy) is 1. The van der Waals surface area contributed by atoms with Crippen molar-refractivity contribution in [2.24, 2.45) is 17.6 Å². The lowest BCUT2D eigenvalue weighted by Crippen LogP contribution is -2.32. The molecular weight excluding hydrogens is 252 g/mol. The summed E-state index contributed by atoms with van der Waals surface area (Å²) in [4.78, 5) is 12.3. The van der Waals surface area contributed by atoms with E-state index in [1.807, 2.05) is 0 Å². The first-order valence-electron chi connectivity index (χ1n) is 7.23. The Kier molecular flexibility index (Phi) is 3.35. The van der Waals surface area contributed by atoms with E-state index in [9.17, 15) is 10.1 Å². The first-order valence-corrected chi connectivity index (χ1v) is 7.23. The molecule has 0 unspecified atom stereocenters. The van der Waals surface area contributed by atoms with E-state index in [4.69, 9.17) is 10.5 Å². The average Bonchev–Trinajstić information content (AvgIpc) is 2.47. The first-order chi connectivity index (χ1) is 9.72. The zero-order valence-electron chi connectivity index (χ0n) is 11.4. The van der Waals surface area contributed by atoms with Crippen molar-refractivity contribution in [1.82, 2.24) is 0 Å². The lowest BCUT2D eigenvalue weighted by Gasteiger charge is -2.35. The quantitative estimate of drug-likeness (QED) is 0.743. The number of allylic oxidation sites excluding steroid dienone is 5. The van der Waals surface area contributed by atoms with Crippen LogP contribution in [0.25, 0.3) is 0 Å². The maximum Gasteiger partial charge on any atom is 0.204 e. The standard InChI is InChI=1S/C16H18N2O2/c17-9-11-14(10-5-2-1-3-6-10)15-12(19)7-4-8-13(15)20-16(11)18/h2,5,10,14H,1,3-4,6-8,18H2/t10-,14-/m0/s1. The molecule has 0 saturated heterocycles. The van der Waals surface area contributed by atoms with Gasteiger partial charge in [-0.1, -0.05) is 12.2 Å². The molecule has 0 amide bonds. The Balaban J connectivity index is 2.07. The lowest BCUT2D eigenvalue weighted by atomic mass is 9.72. The third kappa shape index (κ3) is 2.03. The van der Waals surface area contributed by atoms with Crippen molar-refractivity contribution in [3.8, 4) is 6.07 Å². The minimum atomic E-state index is -0.201. The fraction of sp³-hybridized carbons (Fsp3) is 0.500. The molecule has 1 aliphatic heterocycles. The zero-order valence-corrected chi connectivity index (χ0v) is 11.4. The van der Waals surface area contributed by atoms with E-state index < -0.39 is 0 Å². The topological polar surface area (TPSA) is 76.1 Å². The Morgan fingerprint density at radius 1 is 1.35 bits per heavy atom. The Bertz CT molecular complexity index is 578. The molecule has 20 heavy (non-hydrogen) atoms. The maximum absolute atomic E-state index is 12.3. The van der Waals surface area contributed by atoms with Crippen LogP contribution >= 0.6 is 0 Å². The SMILES string of the molecule is N#CC1=C(N)OC2=C(C(=O)CCC2)[C@H]1[C@H]1C=CCCC1.